The van der Waals surface area contributed by atoms with Crippen LogP contribution in [0.1, 0.15) is 45.4 Å². The molecular formula is C26H33N3O5. The minimum absolute atomic E-state index is 0.132. The van der Waals surface area contributed by atoms with Crippen LogP contribution in [0.3, 0.4) is 0 Å². The number of rotatable bonds is 7. The van der Waals surface area contributed by atoms with E-state index in [1.54, 1.807) is 36.3 Å². The molecule has 0 aromatic heterocycles. The van der Waals surface area contributed by atoms with E-state index in [2.05, 4.69) is 10.6 Å². The molecule has 34 heavy (non-hydrogen) atoms. The standard InChI is InChI=1S/C26H33N3O5/c1-3-15-29-22(24(31)28-16-7-5-4-6-8-16)26-14-13-19(34-26)20(21(26)25(29)32)23(30)27-17-9-11-18(33-2)12-10-17/h9-14,16,19-22H,3-8,15H2,1-2H3,(H,27,30)(H,28,31)/t19-,20+,21-,22-,26+/m1/s1. The largest absolute Gasteiger partial charge is 0.497 e. The fraction of sp³-hybridized carbons (Fsp3) is 0.577. The quantitative estimate of drug-likeness (QED) is 0.601. The van der Waals surface area contributed by atoms with E-state index in [1.807, 2.05) is 19.1 Å². The van der Waals surface area contributed by atoms with Crippen molar-refractivity contribution in [2.75, 3.05) is 19.0 Å². The molecule has 8 heteroatoms. The van der Waals surface area contributed by atoms with Crippen LogP contribution in [0.25, 0.3) is 0 Å². The first-order chi connectivity index (χ1) is 16.5. The first kappa shape index (κ1) is 22.9. The summed E-state index contributed by atoms with van der Waals surface area (Å²) in [6.07, 6.45) is 9.22. The number of hydrogen-bond acceptors (Lipinski definition) is 5. The van der Waals surface area contributed by atoms with E-state index in [0.717, 1.165) is 32.1 Å². The van der Waals surface area contributed by atoms with Crippen LogP contribution in [0.5, 0.6) is 5.75 Å². The lowest BCUT2D eigenvalue weighted by atomic mass is 9.74. The fourth-order valence-corrected chi connectivity index (χ4v) is 6.18. The van der Waals surface area contributed by atoms with E-state index < -0.39 is 29.6 Å². The molecule has 5 rings (SSSR count). The molecule has 4 aliphatic rings. The number of anilines is 1. The number of hydrogen-bond donors (Lipinski definition) is 2. The van der Waals surface area contributed by atoms with Gasteiger partial charge in [0.15, 0.2) is 0 Å². The maximum atomic E-state index is 13.7. The van der Waals surface area contributed by atoms with Gasteiger partial charge in [-0.25, -0.2) is 0 Å². The third-order valence-corrected chi connectivity index (χ3v) is 7.70. The van der Waals surface area contributed by atoms with E-state index in [9.17, 15) is 14.4 Å². The maximum Gasteiger partial charge on any atom is 0.246 e. The molecule has 2 saturated heterocycles. The van der Waals surface area contributed by atoms with Gasteiger partial charge in [-0.15, -0.1) is 0 Å². The molecular weight excluding hydrogens is 434 g/mol. The topological polar surface area (TPSA) is 97.0 Å². The molecule has 1 aromatic carbocycles. The van der Waals surface area contributed by atoms with Crippen molar-refractivity contribution in [1.82, 2.24) is 10.2 Å². The molecule has 1 aromatic rings. The molecule has 0 radical (unpaired) electrons. The first-order valence-corrected chi connectivity index (χ1v) is 12.4. The number of amides is 3. The minimum atomic E-state index is -1.10. The monoisotopic (exact) mass is 467 g/mol. The van der Waals surface area contributed by atoms with Gasteiger partial charge in [0.05, 0.1) is 25.0 Å². The summed E-state index contributed by atoms with van der Waals surface area (Å²) in [6.45, 7) is 2.44. The van der Waals surface area contributed by atoms with Crippen LogP contribution in [0.2, 0.25) is 0 Å². The molecule has 1 spiro atoms. The highest BCUT2D eigenvalue weighted by Crippen LogP contribution is 2.55. The Morgan fingerprint density at radius 2 is 1.88 bits per heavy atom. The van der Waals surface area contributed by atoms with Crippen molar-refractivity contribution in [2.45, 2.75) is 69.2 Å². The fourth-order valence-electron chi connectivity index (χ4n) is 6.18. The molecule has 3 heterocycles. The highest BCUT2D eigenvalue weighted by Gasteiger charge is 2.72. The number of ether oxygens (including phenoxy) is 2. The molecule has 3 amide bonds. The number of likely N-dealkylation sites (tertiary alicyclic amines) is 1. The second kappa shape index (κ2) is 9.06. The van der Waals surface area contributed by atoms with E-state index in [1.165, 1.54) is 6.42 Å². The van der Waals surface area contributed by atoms with Crippen molar-refractivity contribution in [1.29, 1.82) is 0 Å². The summed E-state index contributed by atoms with van der Waals surface area (Å²) in [6, 6.07) is 6.43. The van der Waals surface area contributed by atoms with Gasteiger partial charge in [-0.1, -0.05) is 38.3 Å². The number of nitrogens with one attached hydrogen (secondary N) is 2. The molecule has 5 atom stereocenters. The Balaban J connectivity index is 1.40. The normalized spacial score (nSPS) is 32.1. The Hall–Kier alpha value is -2.87. The lowest BCUT2D eigenvalue weighted by molar-refractivity contribution is -0.141. The molecule has 1 aliphatic carbocycles. The molecule has 3 aliphatic heterocycles. The van der Waals surface area contributed by atoms with Crippen LogP contribution in [-0.2, 0) is 19.1 Å². The van der Waals surface area contributed by atoms with Crippen LogP contribution in [-0.4, -0.2) is 60.1 Å². The molecule has 8 nitrogen and oxygen atoms in total. The minimum Gasteiger partial charge on any atom is -0.497 e. The summed E-state index contributed by atoms with van der Waals surface area (Å²) in [5.41, 5.74) is -0.480. The number of fused-ring (bicyclic) bond motifs is 1. The number of carbonyl (C=O) groups excluding carboxylic acids is 3. The number of methoxy groups -OCH3 is 1. The van der Waals surface area contributed by atoms with Crippen molar-refractivity contribution < 1.29 is 23.9 Å². The van der Waals surface area contributed by atoms with Crippen LogP contribution in [0.4, 0.5) is 5.69 Å². The van der Waals surface area contributed by atoms with Gasteiger partial charge in [-0.3, -0.25) is 14.4 Å². The number of nitrogens with zero attached hydrogens (tertiary/aromatic N) is 1. The van der Waals surface area contributed by atoms with Crippen molar-refractivity contribution >= 4 is 23.4 Å². The van der Waals surface area contributed by atoms with Gasteiger partial charge in [0.2, 0.25) is 17.7 Å². The van der Waals surface area contributed by atoms with Crippen LogP contribution in [0.15, 0.2) is 36.4 Å². The maximum absolute atomic E-state index is 13.7. The van der Waals surface area contributed by atoms with E-state index in [4.69, 9.17) is 9.47 Å². The summed E-state index contributed by atoms with van der Waals surface area (Å²) in [5, 5.41) is 6.12. The average Bonchev–Trinajstić information content (AvgIpc) is 3.48. The predicted octanol–water partition coefficient (Wildman–Crippen LogP) is 2.64. The second-order valence-corrected chi connectivity index (χ2v) is 9.79. The van der Waals surface area contributed by atoms with Gasteiger partial charge in [0, 0.05) is 18.3 Å². The van der Waals surface area contributed by atoms with Gasteiger partial charge < -0.3 is 25.0 Å². The van der Waals surface area contributed by atoms with Crippen LogP contribution < -0.4 is 15.4 Å². The van der Waals surface area contributed by atoms with Gasteiger partial charge in [0.25, 0.3) is 0 Å². The number of carbonyl (C=O) groups is 3. The molecule has 2 N–H and O–H groups in total. The lowest BCUT2D eigenvalue weighted by Crippen LogP contribution is -2.56. The summed E-state index contributed by atoms with van der Waals surface area (Å²) in [7, 11) is 1.58. The molecule has 0 unspecified atom stereocenters. The zero-order valence-electron chi connectivity index (χ0n) is 19.8. The third kappa shape index (κ3) is 3.68. The van der Waals surface area contributed by atoms with Gasteiger partial charge >= 0.3 is 0 Å². The molecule has 182 valence electrons. The van der Waals surface area contributed by atoms with E-state index in [-0.39, 0.29) is 23.8 Å². The van der Waals surface area contributed by atoms with Crippen molar-refractivity contribution in [3.05, 3.63) is 36.4 Å². The zero-order valence-corrected chi connectivity index (χ0v) is 19.8. The summed E-state index contributed by atoms with van der Waals surface area (Å²) in [4.78, 5) is 42.2. The Bertz CT molecular complexity index is 987. The van der Waals surface area contributed by atoms with Crippen LogP contribution in [0, 0.1) is 11.8 Å². The SMILES string of the molecule is CCCN1C(=O)[C@H]2[C@@H](C(=O)Nc3ccc(OC)cc3)[C@H]3C=C[C@@]2(O3)[C@H]1C(=O)NC1CCCCC1. The number of benzene rings is 1. The van der Waals surface area contributed by atoms with Crippen molar-refractivity contribution in [3.63, 3.8) is 0 Å². The Labute approximate surface area is 200 Å². The molecule has 2 bridgehead atoms. The summed E-state index contributed by atoms with van der Waals surface area (Å²) >= 11 is 0. The Morgan fingerprint density at radius 3 is 2.56 bits per heavy atom. The highest BCUT2D eigenvalue weighted by atomic mass is 16.5. The summed E-state index contributed by atoms with van der Waals surface area (Å²) < 4.78 is 11.5. The van der Waals surface area contributed by atoms with Gasteiger partial charge in [-0.05, 0) is 43.5 Å². The Morgan fingerprint density at radius 1 is 1.15 bits per heavy atom. The highest BCUT2D eigenvalue weighted by molar-refractivity contribution is 6.02. The lowest BCUT2D eigenvalue weighted by Gasteiger charge is -2.34. The Kier molecular flexibility index (Phi) is 6.10. The van der Waals surface area contributed by atoms with Gasteiger partial charge in [0.1, 0.15) is 17.4 Å². The second-order valence-electron chi connectivity index (χ2n) is 9.79. The first-order valence-electron chi connectivity index (χ1n) is 12.4. The van der Waals surface area contributed by atoms with E-state index >= 15 is 0 Å². The predicted molar refractivity (Wildman–Crippen MR) is 126 cm³/mol. The molecule has 3 fully saturated rings. The molecule has 1 saturated carbocycles. The zero-order chi connectivity index (χ0) is 23.9. The van der Waals surface area contributed by atoms with Crippen molar-refractivity contribution in [2.24, 2.45) is 11.8 Å². The van der Waals surface area contributed by atoms with Crippen molar-refractivity contribution in [3.8, 4) is 5.75 Å². The van der Waals surface area contributed by atoms with Crippen LogP contribution >= 0.6 is 0 Å². The van der Waals surface area contributed by atoms with Gasteiger partial charge in [-0.2, -0.15) is 0 Å². The third-order valence-electron chi connectivity index (χ3n) is 7.70. The average molecular weight is 468 g/mol. The van der Waals surface area contributed by atoms with E-state index in [0.29, 0.717) is 18.0 Å². The smallest absolute Gasteiger partial charge is 0.246 e. The summed E-state index contributed by atoms with van der Waals surface area (Å²) in [5.74, 6) is -1.33.